The fourth-order valence-electron chi connectivity index (χ4n) is 0.279. The molecule has 0 aliphatic rings. The van der Waals surface area contributed by atoms with E-state index in [-0.39, 0.29) is 13.5 Å². The van der Waals surface area contributed by atoms with Crippen LogP contribution < -0.4 is 0 Å². The topological polar surface area (TPSA) is 12.9 Å². The predicted octanol–water partition coefficient (Wildman–Crippen LogP) is 2.59. The van der Waals surface area contributed by atoms with Crippen molar-refractivity contribution in [3.63, 3.8) is 0 Å². The van der Waals surface area contributed by atoms with Crippen LogP contribution in [-0.2, 0) is 0 Å². The van der Waals surface area contributed by atoms with Crippen LogP contribution in [0.2, 0.25) is 0 Å². The fraction of sp³-hybridized carbons (Fsp3) is 0.500. The van der Waals surface area contributed by atoms with Gasteiger partial charge < -0.3 is 0 Å². The molecule has 0 aliphatic heterocycles. The Balaban J connectivity index is 0. The standard InChI is InChI=1S/C4H5NS.C2H6.H2S/c1-4-2-5-3-6-4;1-2;/h2-3H,1H3;1-2H3;1H2. The van der Waals surface area contributed by atoms with Gasteiger partial charge in [0.1, 0.15) is 0 Å². The van der Waals surface area contributed by atoms with Crippen LogP contribution in [0.1, 0.15) is 18.7 Å². The van der Waals surface area contributed by atoms with E-state index in [1.807, 2.05) is 32.5 Å². The second-order valence-electron chi connectivity index (χ2n) is 1.11. The number of aromatic nitrogens is 1. The maximum atomic E-state index is 3.84. The highest BCUT2D eigenvalue weighted by Gasteiger charge is 1.76. The average molecular weight is 163 g/mol. The Labute approximate surface area is 67.6 Å². The molecule has 0 spiro atoms. The molecule has 0 aliphatic carbocycles. The minimum Gasteiger partial charge on any atom is -0.253 e. The summed E-state index contributed by atoms with van der Waals surface area (Å²) in [6.07, 6.45) is 1.85. The molecule has 3 heteroatoms. The maximum absolute atomic E-state index is 3.84. The Kier molecular flexibility index (Phi) is 10.4. The summed E-state index contributed by atoms with van der Waals surface area (Å²) in [7, 11) is 0. The summed E-state index contributed by atoms with van der Waals surface area (Å²) < 4.78 is 0. The molecule has 0 atom stereocenters. The van der Waals surface area contributed by atoms with Crippen molar-refractivity contribution in [2.75, 3.05) is 0 Å². The highest BCUT2D eigenvalue weighted by Crippen LogP contribution is 1.99. The van der Waals surface area contributed by atoms with Crippen LogP contribution in [0.25, 0.3) is 0 Å². The molecule has 1 aromatic rings. The molecule has 1 rings (SSSR count). The van der Waals surface area contributed by atoms with Crippen molar-refractivity contribution >= 4 is 24.8 Å². The molecule has 54 valence electrons. The van der Waals surface area contributed by atoms with Crippen LogP contribution in [0, 0.1) is 6.92 Å². The van der Waals surface area contributed by atoms with Crippen molar-refractivity contribution in [2.45, 2.75) is 20.8 Å². The normalized spacial score (nSPS) is 6.56. The lowest BCUT2D eigenvalue weighted by Crippen LogP contribution is -1.48. The summed E-state index contributed by atoms with van der Waals surface area (Å²) in [6.45, 7) is 6.04. The van der Waals surface area contributed by atoms with Crippen molar-refractivity contribution in [2.24, 2.45) is 0 Å². The Morgan fingerprint density at radius 1 is 1.44 bits per heavy atom. The Hall–Kier alpha value is -0.0200. The van der Waals surface area contributed by atoms with Gasteiger partial charge in [-0.2, -0.15) is 13.5 Å². The largest absolute Gasteiger partial charge is 0.253 e. The lowest BCUT2D eigenvalue weighted by atomic mass is 10.7. The quantitative estimate of drug-likeness (QED) is 0.573. The van der Waals surface area contributed by atoms with Crippen LogP contribution >= 0.6 is 24.8 Å². The molecule has 0 unspecified atom stereocenters. The second-order valence-corrected chi connectivity index (χ2v) is 2.20. The minimum absolute atomic E-state index is 0. The molecule has 0 saturated heterocycles. The third-order valence-electron chi connectivity index (χ3n) is 0.556. The van der Waals surface area contributed by atoms with E-state index in [1.54, 1.807) is 11.3 Å². The van der Waals surface area contributed by atoms with Crippen molar-refractivity contribution in [3.05, 3.63) is 16.6 Å². The smallest absolute Gasteiger partial charge is 0.0794 e. The molecule has 1 nitrogen and oxygen atoms in total. The fourth-order valence-corrected chi connectivity index (χ4v) is 0.689. The van der Waals surface area contributed by atoms with Gasteiger partial charge in [0.15, 0.2) is 0 Å². The molecule has 0 amide bonds. The third-order valence-corrected chi connectivity index (χ3v) is 1.26. The molecule has 0 N–H and O–H groups in total. The minimum atomic E-state index is 0. The SMILES string of the molecule is CC.Cc1cncs1.S. The van der Waals surface area contributed by atoms with E-state index in [1.165, 1.54) is 4.88 Å². The van der Waals surface area contributed by atoms with Gasteiger partial charge >= 0.3 is 0 Å². The molecule has 1 aromatic heterocycles. The zero-order chi connectivity index (χ0) is 6.41. The van der Waals surface area contributed by atoms with E-state index in [2.05, 4.69) is 4.98 Å². The van der Waals surface area contributed by atoms with Crippen molar-refractivity contribution in [1.82, 2.24) is 4.98 Å². The maximum Gasteiger partial charge on any atom is 0.0794 e. The Bertz CT molecular complexity index is 115. The van der Waals surface area contributed by atoms with Gasteiger partial charge in [0.25, 0.3) is 0 Å². The first kappa shape index (κ1) is 11.7. The monoisotopic (exact) mass is 163 g/mol. The summed E-state index contributed by atoms with van der Waals surface area (Å²) >= 11 is 1.67. The summed E-state index contributed by atoms with van der Waals surface area (Å²) in [6, 6.07) is 0. The number of aryl methyl sites for hydroxylation is 1. The van der Waals surface area contributed by atoms with Crippen LogP contribution in [0.3, 0.4) is 0 Å². The molecule has 0 bridgehead atoms. The van der Waals surface area contributed by atoms with Gasteiger partial charge in [-0.3, -0.25) is 4.98 Å². The zero-order valence-electron chi connectivity index (χ0n) is 6.01. The first-order chi connectivity index (χ1) is 3.89. The van der Waals surface area contributed by atoms with Crippen LogP contribution in [0.15, 0.2) is 11.7 Å². The van der Waals surface area contributed by atoms with Gasteiger partial charge in [0, 0.05) is 11.1 Å². The number of nitrogens with zero attached hydrogens (tertiary/aromatic N) is 1. The van der Waals surface area contributed by atoms with E-state index >= 15 is 0 Å². The number of hydrogen-bond donors (Lipinski definition) is 0. The summed E-state index contributed by atoms with van der Waals surface area (Å²) in [5.74, 6) is 0. The summed E-state index contributed by atoms with van der Waals surface area (Å²) in [4.78, 5) is 5.11. The van der Waals surface area contributed by atoms with Gasteiger partial charge in [-0.1, -0.05) is 13.8 Å². The lowest BCUT2D eigenvalue weighted by molar-refractivity contribution is 1.39. The number of hydrogen-bond acceptors (Lipinski definition) is 2. The van der Waals surface area contributed by atoms with Gasteiger partial charge in [0.05, 0.1) is 5.51 Å². The summed E-state index contributed by atoms with van der Waals surface area (Å²) in [5, 5.41) is 0. The zero-order valence-corrected chi connectivity index (χ0v) is 7.83. The van der Waals surface area contributed by atoms with E-state index in [4.69, 9.17) is 0 Å². The molecular weight excluding hydrogens is 150 g/mol. The average Bonchev–Trinajstić information content (AvgIpc) is 2.24. The number of thiazole rings is 1. The van der Waals surface area contributed by atoms with E-state index in [0.29, 0.717) is 0 Å². The molecule has 0 radical (unpaired) electrons. The van der Waals surface area contributed by atoms with Crippen LogP contribution in [-0.4, -0.2) is 4.98 Å². The van der Waals surface area contributed by atoms with E-state index in [9.17, 15) is 0 Å². The molecule has 9 heavy (non-hydrogen) atoms. The summed E-state index contributed by atoms with van der Waals surface area (Å²) in [5.41, 5.74) is 1.83. The van der Waals surface area contributed by atoms with Gasteiger partial charge in [-0.25, -0.2) is 0 Å². The van der Waals surface area contributed by atoms with Crippen molar-refractivity contribution in [1.29, 1.82) is 0 Å². The molecule has 0 fully saturated rings. The second kappa shape index (κ2) is 7.98. The van der Waals surface area contributed by atoms with Crippen LogP contribution in [0.4, 0.5) is 0 Å². The Morgan fingerprint density at radius 3 is 2.11 bits per heavy atom. The third kappa shape index (κ3) is 5.86. The first-order valence-corrected chi connectivity index (χ1v) is 3.62. The molecule has 0 saturated carbocycles. The van der Waals surface area contributed by atoms with Gasteiger partial charge in [0.2, 0.25) is 0 Å². The van der Waals surface area contributed by atoms with E-state index < -0.39 is 0 Å². The molecular formula is C6H13NS2. The highest BCUT2D eigenvalue weighted by atomic mass is 32.1. The van der Waals surface area contributed by atoms with Gasteiger partial charge in [-0.15, -0.1) is 11.3 Å². The number of rotatable bonds is 0. The molecule has 1 heterocycles. The Morgan fingerprint density at radius 2 is 2.00 bits per heavy atom. The lowest BCUT2D eigenvalue weighted by Gasteiger charge is -1.63. The van der Waals surface area contributed by atoms with Gasteiger partial charge in [-0.05, 0) is 6.92 Å². The van der Waals surface area contributed by atoms with Crippen molar-refractivity contribution in [3.8, 4) is 0 Å². The van der Waals surface area contributed by atoms with Crippen LogP contribution in [0.5, 0.6) is 0 Å². The molecule has 0 aromatic carbocycles. The van der Waals surface area contributed by atoms with Crippen molar-refractivity contribution < 1.29 is 0 Å². The first-order valence-electron chi connectivity index (χ1n) is 2.74. The highest BCUT2D eigenvalue weighted by molar-refractivity contribution is 7.59. The predicted molar refractivity (Wildman–Crippen MR) is 48.6 cm³/mol. The van der Waals surface area contributed by atoms with E-state index in [0.717, 1.165) is 0 Å².